The summed E-state index contributed by atoms with van der Waals surface area (Å²) in [6, 6.07) is 0.655. The first-order chi connectivity index (χ1) is 6.36. The summed E-state index contributed by atoms with van der Waals surface area (Å²) in [6.07, 6.45) is 11.2. The van der Waals surface area contributed by atoms with Crippen molar-refractivity contribution in [2.45, 2.75) is 44.2 Å². The first-order valence-electron chi connectivity index (χ1n) is 5.06. The molecule has 0 aliphatic heterocycles. The number of rotatable bonds is 5. The molecule has 1 N–H and O–H groups in total. The minimum Gasteiger partial charge on any atom is -0.381 e. The maximum absolute atomic E-state index is 5.30. The van der Waals surface area contributed by atoms with Gasteiger partial charge in [0.25, 0.3) is 0 Å². The van der Waals surface area contributed by atoms with Gasteiger partial charge in [-0.2, -0.15) is 0 Å². The fourth-order valence-electron chi connectivity index (χ4n) is 1.84. The molecule has 2 unspecified atom stereocenters. The molecule has 0 bridgehead atoms. The van der Waals surface area contributed by atoms with Gasteiger partial charge in [0, 0.05) is 19.6 Å². The van der Waals surface area contributed by atoms with Crippen molar-refractivity contribution in [2.24, 2.45) is 0 Å². The highest BCUT2D eigenvalue weighted by molar-refractivity contribution is 4.85. The number of methoxy groups -OCH3 is 1. The van der Waals surface area contributed by atoms with Crippen molar-refractivity contribution in [3.8, 4) is 12.3 Å². The van der Waals surface area contributed by atoms with Crippen LogP contribution in [0, 0.1) is 12.3 Å². The van der Waals surface area contributed by atoms with Crippen molar-refractivity contribution < 1.29 is 4.74 Å². The van der Waals surface area contributed by atoms with Crippen LogP contribution in [-0.2, 0) is 4.74 Å². The summed E-state index contributed by atoms with van der Waals surface area (Å²) in [5.74, 6) is 2.65. The monoisotopic (exact) mass is 181 g/mol. The second-order valence-corrected chi connectivity index (χ2v) is 3.63. The number of nitrogens with one attached hydrogen (secondary N) is 1. The van der Waals surface area contributed by atoms with Crippen molar-refractivity contribution >= 4 is 0 Å². The van der Waals surface area contributed by atoms with Crippen LogP contribution in [0.4, 0.5) is 0 Å². The SMILES string of the molecule is C#CCCCNC1CCC(OC)C1. The predicted molar refractivity (Wildman–Crippen MR) is 54.5 cm³/mol. The summed E-state index contributed by atoms with van der Waals surface area (Å²) in [6.45, 7) is 1.05. The molecule has 0 heterocycles. The molecule has 0 aromatic heterocycles. The lowest BCUT2D eigenvalue weighted by atomic mass is 10.2. The molecular formula is C11H19NO. The smallest absolute Gasteiger partial charge is 0.0586 e. The summed E-state index contributed by atoms with van der Waals surface area (Å²) in [7, 11) is 1.80. The Bertz CT molecular complexity index is 173. The van der Waals surface area contributed by atoms with E-state index in [1.54, 1.807) is 7.11 Å². The van der Waals surface area contributed by atoms with Crippen LogP contribution in [0.5, 0.6) is 0 Å². The molecule has 2 heteroatoms. The van der Waals surface area contributed by atoms with E-state index < -0.39 is 0 Å². The van der Waals surface area contributed by atoms with Crippen molar-refractivity contribution in [3.05, 3.63) is 0 Å². The van der Waals surface area contributed by atoms with E-state index in [1.165, 1.54) is 12.8 Å². The van der Waals surface area contributed by atoms with Crippen molar-refractivity contribution in [3.63, 3.8) is 0 Å². The summed E-state index contributed by atoms with van der Waals surface area (Å²) in [4.78, 5) is 0. The first-order valence-corrected chi connectivity index (χ1v) is 5.06. The van der Waals surface area contributed by atoms with Crippen LogP contribution in [0.1, 0.15) is 32.1 Å². The molecule has 0 radical (unpaired) electrons. The molecular weight excluding hydrogens is 162 g/mol. The van der Waals surface area contributed by atoms with Gasteiger partial charge in [-0.15, -0.1) is 12.3 Å². The molecule has 0 aromatic carbocycles. The fourth-order valence-corrected chi connectivity index (χ4v) is 1.84. The lowest BCUT2D eigenvalue weighted by Crippen LogP contribution is -2.28. The van der Waals surface area contributed by atoms with E-state index in [1.807, 2.05) is 0 Å². The van der Waals surface area contributed by atoms with Gasteiger partial charge in [0.1, 0.15) is 0 Å². The Hall–Kier alpha value is -0.520. The van der Waals surface area contributed by atoms with E-state index in [9.17, 15) is 0 Å². The molecule has 13 heavy (non-hydrogen) atoms. The quantitative estimate of drug-likeness (QED) is 0.513. The predicted octanol–water partition coefficient (Wildman–Crippen LogP) is 1.56. The lowest BCUT2D eigenvalue weighted by Gasteiger charge is -2.11. The van der Waals surface area contributed by atoms with E-state index in [0.29, 0.717) is 12.1 Å². The largest absolute Gasteiger partial charge is 0.381 e. The van der Waals surface area contributed by atoms with E-state index in [0.717, 1.165) is 25.8 Å². The van der Waals surface area contributed by atoms with Crippen LogP contribution in [0.25, 0.3) is 0 Å². The zero-order valence-electron chi connectivity index (χ0n) is 8.38. The van der Waals surface area contributed by atoms with E-state index in [2.05, 4.69) is 11.2 Å². The zero-order chi connectivity index (χ0) is 9.52. The standard InChI is InChI=1S/C11H19NO/c1-3-4-5-8-12-10-6-7-11(9-10)13-2/h1,10-12H,4-9H2,2H3. The van der Waals surface area contributed by atoms with Crippen LogP contribution in [0.15, 0.2) is 0 Å². The maximum Gasteiger partial charge on any atom is 0.0586 e. The molecule has 0 saturated heterocycles. The number of unbranched alkanes of at least 4 members (excludes halogenated alkanes) is 1. The topological polar surface area (TPSA) is 21.3 Å². The molecule has 0 aromatic rings. The minimum absolute atomic E-state index is 0.477. The number of terminal acetylenes is 1. The van der Waals surface area contributed by atoms with Gasteiger partial charge < -0.3 is 10.1 Å². The van der Waals surface area contributed by atoms with Crippen molar-refractivity contribution in [2.75, 3.05) is 13.7 Å². The normalized spacial score (nSPS) is 27.4. The Morgan fingerprint density at radius 3 is 3.00 bits per heavy atom. The van der Waals surface area contributed by atoms with E-state index in [-0.39, 0.29) is 0 Å². The highest BCUT2D eigenvalue weighted by Gasteiger charge is 2.23. The third-order valence-electron chi connectivity index (χ3n) is 2.65. The van der Waals surface area contributed by atoms with Gasteiger partial charge >= 0.3 is 0 Å². The summed E-state index contributed by atoms with van der Waals surface area (Å²) in [5.41, 5.74) is 0. The van der Waals surface area contributed by atoms with Gasteiger partial charge in [0.15, 0.2) is 0 Å². The Morgan fingerprint density at radius 2 is 2.38 bits per heavy atom. The van der Waals surface area contributed by atoms with Crippen LogP contribution < -0.4 is 5.32 Å². The van der Waals surface area contributed by atoms with Gasteiger partial charge in [0.05, 0.1) is 6.10 Å². The first kappa shape index (κ1) is 10.6. The van der Waals surface area contributed by atoms with Gasteiger partial charge in [0.2, 0.25) is 0 Å². The summed E-state index contributed by atoms with van der Waals surface area (Å²) in [5, 5.41) is 3.51. The highest BCUT2D eigenvalue weighted by atomic mass is 16.5. The highest BCUT2D eigenvalue weighted by Crippen LogP contribution is 2.21. The van der Waals surface area contributed by atoms with Gasteiger partial charge in [-0.25, -0.2) is 0 Å². The Balaban J connectivity index is 2.01. The van der Waals surface area contributed by atoms with Crippen LogP contribution >= 0.6 is 0 Å². The Kier molecular flexibility index (Phi) is 4.88. The Morgan fingerprint density at radius 1 is 1.54 bits per heavy atom. The molecule has 1 fully saturated rings. The van der Waals surface area contributed by atoms with Crippen molar-refractivity contribution in [1.82, 2.24) is 5.32 Å². The molecule has 1 aliphatic carbocycles. The zero-order valence-corrected chi connectivity index (χ0v) is 8.38. The molecule has 2 atom stereocenters. The molecule has 1 saturated carbocycles. The number of hydrogen-bond acceptors (Lipinski definition) is 2. The number of hydrogen-bond donors (Lipinski definition) is 1. The van der Waals surface area contributed by atoms with E-state index >= 15 is 0 Å². The van der Waals surface area contributed by atoms with Gasteiger partial charge in [-0.3, -0.25) is 0 Å². The molecule has 74 valence electrons. The molecule has 2 nitrogen and oxygen atoms in total. The summed E-state index contributed by atoms with van der Waals surface area (Å²) >= 11 is 0. The average Bonchev–Trinajstić information content (AvgIpc) is 2.60. The fraction of sp³-hybridized carbons (Fsp3) is 0.818. The molecule has 0 spiro atoms. The summed E-state index contributed by atoms with van der Waals surface area (Å²) < 4.78 is 5.30. The average molecular weight is 181 g/mol. The molecule has 1 rings (SSSR count). The van der Waals surface area contributed by atoms with E-state index in [4.69, 9.17) is 11.2 Å². The third-order valence-corrected chi connectivity index (χ3v) is 2.65. The second kappa shape index (κ2) is 6.01. The molecule has 1 aliphatic rings. The maximum atomic E-state index is 5.30. The van der Waals surface area contributed by atoms with Gasteiger partial charge in [-0.1, -0.05) is 0 Å². The Labute approximate surface area is 81.0 Å². The van der Waals surface area contributed by atoms with Crippen LogP contribution in [-0.4, -0.2) is 25.8 Å². The minimum atomic E-state index is 0.477. The lowest BCUT2D eigenvalue weighted by molar-refractivity contribution is 0.107. The van der Waals surface area contributed by atoms with Crippen LogP contribution in [0.2, 0.25) is 0 Å². The van der Waals surface area contributed by atoms with Crippen molar-refractivity contribution in [1.29, 1.82) is 0 Å². The second-order valence-electron chi connectivity index (χ2n) is 3.63. The third kappa shape index (κ3) is 3.80. The molecule has 0 amide bonds. The number of ether oxygens (including phenoxy) is 1. The van der Waals surface area contributed by atoms with Crippen LogP contribution in [0.3, 0.4) is 0 Å². The van der Waals surface area contributed by atoms with Gasteiger partial charge in [-0.05, 0) is 32.2 Å².